The Labute approximate surface area is 85.1 Å². The number of halogens is 3. The van der Waals surface area contributed by atoms with E-state index < -0.39 is 12.0 Å². The van der Waals surface area contributed by atoms with Crippen LogP contribution in [0.1, 0.15) is 17.3 Å². The number of nitrogens with one attached hydrogen (secondary N) is 1. The molecule has 0 bridgehead atoms. The molecule has 5 heteroatoms. The maximum absolute atomic E-state index is 12.0. The maximum Gasteiger partial charge on any atom is 0.454 e. The summed E-state index contributed by atoms with van der Waals surface area (Å²) >= 11 is 0. The van der Waals surface area contributed by atoms with Crippen LogP contribution in [-0.2, 0) is 0 Å². The second-order valence-corrected chi connectivity index (χ2v) is 2.93. The number of hydrogen-bond donors (Lipinski definition) is 1. The quantitative estimate of drug-likeness (QED) is 0.789. The van der Waals surface area contributed by atoms with Gasteiger partial charge in [0.1, 0.15) is 0 Å². The summed E-state index contributed by atoms with van der Waals surface area (Å²) in [5, 5.41) is 2.92. The number of benzene rings is 1. The fourth-order valence-corrected chi connectivity index (χ4v) is 1.11. The molecule has 0 aliphatic carbocycles. The molecule has 15 heavy (non-hydrogen) atoms. The van der Waals surface area contributed by atoms with Crippen LogP contribution in [0, 0.1) is 0 Å². The molecule has 0 aromatic heterocycles. The highest BCUT2D eigenvalue weighted by Gasteiger charge is 2.39. The molecule has 0 amide bonds. The number of rotatable bonds is 3. The van der Waals surface area contributed by atoms with Crippen molar-refractivity contribution in [1.82, 2.24) is 0 Å². The SMILES string of the molecule is CCNc1ccc(C(=O)C(F)(F)F)cc1. The fourth-order valence-electron chi connectivity index (χ4n) is 1.11. The van der Waals surface area contributed by atoms with Crippen molar-refractivity contribution in [3.8, 4) is 0 Å². The lowest BCUT2D eigenvalue weighted by Gasteiger charge is -2.06. The van der Waals surface area contributed by atoms with E-state index in [4.69, 9.17) is 0 Å². The van der Waals surface area contributed by atoms with Crippen LogP contribution < -0.4 is 5.32 Å². The van der Waals surface area contributed by atoms with Crippen molar-refractivity contribution in [2.75, 3.05) is 11.9 Å². The molecule has 0 aliphatic rings. The second-order valence-electron chi connectivity index (χ2n) is 2.93. The Balaban J connectivity index is 2.85. The first kappa shape index (κ1) is 11.6. The first-order valence-electron chi connectivity index (χ1n) is 4.40. The Morgan fingerprint density at radius 1 is 1.27 bits per heavy atom. The van der Waals surface area contributed by atoms with Gasteiger partial charge in [-0.1, -0.05) is 0 Å². The van der Waals surface area contributed by atoms with E-state index in [-0.39, 0.29) is 5.56 Å². The number of ketones is 1. The number of carbonyl (C=O) groups is 1. The van der Waals surface area contributed by atoms with Gasteiger partial charge in [-0.15, -0.1) is 0 Å². The van der Waals surface area contributed by atoms with E-state index in [9.17, 15) is 18.0 Å². The molecular weight excluding hydrogens is 207 g/mol. The monoisotopic (exact) mass is 217 g/mol. The third-order valence-electron chi connectivity index (χ3n) is 1.79. The first-order chi connectivity index (χ1) is 6.95. The Morgan fingerprint density at radius 3 is 2.20 bits per heavy atom. The number of alkyl halides is 3. The lowest BCUT2D eigenvalue weighted by Crippen LogP contribution is -2.22. The molecule has 0 atom stereocenters. The first-order valence-corrected chi connectivity index (χ1v) is 4.40. The molecule has 1 aromatic rings. The number of anilines is 1. The van der Waals surface area contributed by atoms with Gasteiger partial charge in [-0.2, -0.15) is 13.2 Å². The van der Waals surface area contributed by atoms with E-state index >= 15 is 0 Å². The van der Waals surface area contributed by atoms with Gasteiger partial charge >= 0.3 is 6.18 Å². The van der Waals surface area contributed by atoms with Crippen LogP contribution in [0.25, 0.3) is 0 Å². The molecule has 0 aliphatic heterocycles. The van der Waals surface area contributed by atoms with E-state index in [0.717, 1.165) is 12.1 Å². The molecule has 2 nitrogen and oxygen atoms in total. The van der Waals surface area contributed by atoms with E-state index in [1.807, 2.05) is 6.92 Å². The van der Waals surface area contributed by atoms with Gasteiger partial charge in [0, 0.05) is 17.8 Å². The molecule has 1 rings (SSSR count). The smallest absolute Gasteiger partial charge is 0.385 e. The van der Waals surface area contributed by atoms with Crippen LogP contribution in [0.4, 0.5) is 18.9 Å². The largest absolute Gasteiger partial charge is 0.454 e. The molecule has 0 saturated heterocycles. The van der Waals surface area contributed by atoms with Crippen LogP contribution in [-0.4, -0.2) is 18.5 Å². The zero-order chi connectivity index (χ0) is 11.5. The average Bonchev–Trinajstić information content (AvgIpc) is 2.17. The van der Waals surface area contributed by atoms with Crippen molar-refractivity contribution < 1.29 is 18.0 Å². The molecule has 0 fully saturated rings. The molecule has 1 aromatic carbocycles. The molecule has 0 heterocycles. The summed E-state index contributed by atoms with van der Waals surface area (Å²) in [5.41, 5.74) is 0.348. The highest BCUT2D eigenvalue weighted by atomic mass is 19.4. The van der Waals surface area contributed by atoms with E-state index in [1.54, 1.807) is 0 Å². The summed E-state index contributed by atoms with van der Waals surface area (Å²) in [6.07, 6.45) is -4.81. The second kappa shape index (κ2) is 4.33. The summed E-state index contributed by atoms with van der Waals surface area (Å²) in [7, 11) is 0. The topological polar surface area (TPSA) is 29.1 Å². The third kappa shape index (κ3) is 2.97. The molecule has 0 saturated carbocycles. The maximum atomic E-state index is 12.0. The number of carbonyl (C=O) groups excluding carboxylic acids is 1. The Hall–Kier alpha value is -1.52. The Kier molecular flexibility index (Phi) is 3.34. The van der Waals surface area contributed by atoms with E-state index in [0.29, 0.717) is 12.2 Å². The Bertz CT molecular complexity index is 343. The summed E-state index contributed by atoms with van der Waals surface area (Å²) in [6, 6.07) is 5.21. The highest BCUT2D eigenvalue weighted by molar-refractivity contribution is 6.00. The van der Waals surface area contributed by atoms with E-state index in [1.165, 1.54) is 12.1 Å². The predicted octanol–water partition coefficient (Wildman–Crippen LogP) is 2.86. The Morgan fingerprint density at radius 2 is 1.80 bits per heavy atom. The summed E-state index contributed by atoms with van der Waals surface area (Å²) in [4.78, 5) is 10.8. The van der Waals surface area contributed by atoms with Crippen LogP contribution in [0.5, 0.6) is 0 Å². The van der Waals surface area contributed by atoms with Crippen LogP contribution in [0.2, 0.25) is 0 Å². The van der Waals surface area contributed by atoms with Gasteiger partial charge in [0.25, 0.3) is 5.78 Å². The van der Waals surface area contributed by atoms with Gasteiger partial charge in [-0.25, -0.2) is 0 Å². The van der Waals surface area contributed by atoms with Crippen molar-refractivity contribution in [2.24, 2.45) is 0 Å². The summed E-state index contributed by atoms with van der Waals surface area (Å²) < 4.78 is 36.1. The van der Waals surface area contributed by atoms with Gasteiger partial charge in [-0.05, 0) is 31.2 Å². The minimum atomic E-state index is -4.81. The third-order valence-corrected chi connectivity index (χ3v) is 1.79. The highest BCUT2D eigenvalue weighted by Crippen LogP contribution is 2.22. The number of Topliss-reactive ketones (excluding diaryl/α,β-unsaturated/α-hetero) is 1. The zero-order valence-corrected chi connectivity index (χ0v) is 8.06. The van der Waals surface area contributed by atoms with Crippen molar-refractivity contribution >= 4 is 11.5 Å². The molecule has 0 unspecified atom stereocenters. The molecule has 82 valence electrons. The number of hydrogen-bond acceptors (Lipinski definition) is 2. The average molecular weight is 217 g/mol. The van der Waals surface area contributed by atoms with Crippen LogP contribution in [0.3, 0.4) is 0 Å². The molecule has 0 radical (unpaired) electrons. The lowest BCUT2D eigenvalue weighted by atomic mass is 10.1. The van der Waals surface area contributed by atoms with Gasteiger partial charge < -0.3 is 5.32 Å². The van der Waals surface area contributed by atoms with E-state index in [2.05, 4.69) is 5.32 Å². The molecule has 0 spiro atoms. The minimum absolute atomic E-state index is 0.343. The zero-order valence-electron chi connectivity index (χ0n) is 8.06. The standard InChI is InChI=1S/C10H10F3NO/c1-2-14-8-5-3-7(4-6-8)9(15)10(11,12)13/h3-6,14H,2H2,1H3. The van der Waals surface area contributed by atoms with Crippen molar-refractivity contribution in [3.05, 3.63) is 29.8 Å². The molecule has 1 N–H and O–H groups in total. The van der Waals surface area contributed by atoms with Crippen molar-refractivity contribution in [1.29, 1.82) is 0 Å². The van der Waals surface area contributed by atoms with Gasteiger partial charge in [0.15, 0.2) is 0 Å². The normalized spacial score (nSPS) is 11.2. The fraction of sp³-hybridized carbons (Fsp3) is 0.300. The van der Waals surface area contributed by atoms with Gasteiger partial charge in [0.2, 0.25) is 0 Å². The predicted molar refractivity (Wildman–Crippen MR) is 51.0 cm³/mol. The van der Waals surface area contributed by atoms with Gasteiger partial charge in [-0.3, -0.25) is 4.79 Å². The summed E-state index contributed by atoms with van der Waals surface area (Å²) in [5.74, 6) is -1.81. The van der Waals surface area contributed by atoms with Crippen molar-refractivity contribution in [2.45, 2.75) is 13.1 Å². The van der Waals surface area contributed by atoms with Crippen LogP contribution in [0.15, 0.2) is 24.3 Å². The molecular formula is C10H10F3NO. The summed E-state index contributed by atoms with van der Waals surface area (Å²) in [6.45, 7) is 2.54. The van der Waals surface area contributed by atoms with Crippen LogP contribution >= 0.6 is 0 Å². The minimum Gasteiger partial charge on any atom is -0.385 e. The van der Waals surface area contributed by atoms with Gasteiger partial charge in [0.05, 0.1) is 0 Å². The lowest BCUT2D eigenvalue weighted by molar-refractivity contribution is -0.0885. The van der Waals surface area contributed by atoms with Crippen molar-refractivity contribution in [3.63, 3.8) is 0 Å².